The van der Waals surface area contributed by atoms with Crippen LogP contribution in [0.2, 0.25) is 0 Å². The van der Waals surface area contributed by atoms with Crippen LogP contribution in [0.5, 0.6) is 0 Å². The Morgan fingerprint density at radius 3 is 2.08 bits per heavy atom. The maximum absolute atomic E-state index is 15.1. The van der Waals surface area contributed by atoms with Crippen LogP contribution in [0, 0.1) is 22.7 Å². The summed E-state index contributed by atoms with van der Waals surface area (Å²) in [7, 11) is 0. The molecule has 4 saturated carbocycles. The van der Waals surface area contributed by atoms with Crippen molar-refractivity contribution >= 4 is 0 Å². The molecule has 4 fully saturated rings. The fourth-order valence-electron chi connectivity index (χ4n) is 6.61. The molecule has 24 heavy (non-hydrogen) atoms. The molecule has 0 aromatic heterocycles. The van der Waals surface area contributed by atoms with Crippen molar-refractivity contribution in [2.24, 2.45) is 22.7 Å². The Morgan fingerprint density at radius 2 is 1.50 bits per heavy atom. The average molecular weight is 337 g/mol. The Labute approximate surface area is 150 Å². The first-order valence-corrected chi connectivity index (χ1v) is 11.3. The molecular formula is C23H41F. The number of hydrogen-bond acceptors (Lipinski definition) is 0. The maximum Gasteiger partial charge on any atom is 0.104 e. The van der Waals surface area contributed by atoms with Crippen molar-refractivity contribution in [3.63, 3.8) is 0 Å². The number of hydrogen-bond donors (Lipinski definition) is 0. The van der Waals surface area contributed by atoms with Gasteiger partial charge < -0.3 is 0 Å². The highest BCUT2D eigenvalue weighted by Gasteiger charge is 2.53. The summed E-state index contributed by atoms with van der Waals surface area (Å²) >= 11 is 0. The van der Waals surface area contributed by atoms with E-state index in [2.05, 4.69) is 13.8 Å². The van der Waals surface area contributed by atoms with Gasteiger partial charge in [0.25, 0.3) is 0 Å². The van der Waals surface area contributed by atoms with Gasteiger partial charge in [-0.1, -0.05) is 52.4 Å². The highest BCUT2D eigenvalue weighted by Crippen LogP contribution is 2.63. The van der Waals surface area contributed by atoms with E-state index in [0.717, 1.165) is 6.42 Å². The van der Waals surface area contributed by atoms with Crippen LogP contribution < -0.4 is 0 Å². The van der Waals surface area contributed by atoms with E-state index >= 15 is 4.39 Å². The first-order chi connectivity index (χ1) is 11.6. The van der Waals surface area contributed by atoms with Crippen LogP contribution in [0.4, 0.5) is 4.39 Å². The number of halogens is 1. The van der Waals surface area contributed by atoms with E-state index < -0.39 is 6.17 Å². The summed E-state index contributed by atoms with van der Waals surface area (Å²) in [6.07, 6.45) is 20.6. The zero-order valence-electron chi connectivity index (χ0n) is 16.4. The van der Waals surface area contributed by atoms with Gasteiger partial charge in [0.15, 0.2) is 0 Å². The Hall–Kier alpha value is -0.0700. The van der Waals surface area contributed by atoms with Crippen molar-refractivity contribution in [2.45, 2.75) is 123 Å². The lowest BCUT2D eigenvalue weighted by Gasteiger charge is -2.58. The summed E-state index contributed by atoms with van der Waals surface area (Å²) in [5.74, 6) is 1.10. The highest BCUT2D eigenvalue weighted by atomic mass is 19.1. The van der Waals surface area contributed by atoms with E-state index in [1.54, 1.807) is 0 Å². The smallest absolute Gasteiger partial charge is 0.104 e. The standard InChI is InChI=1S/C23H41F/c1-3-5-7-8-19-9-10-20(21(24)18-19)23-15-12-22(13-16-23,14-17-23)11-6-4-2/h19-21H,3-18H2,1-2H3/t19-,20?,21+,22?,23?/m0/s1. The summed E-state index contributed by atoms with van der Waals surface area (Å²) in [4.78, 5) is 0. The van der Waals surface area contributed by atoms with E-state index in [1.807, 2.05) is 0 Å². The molecule has 0 radical (unpaired) electrons. The molecule has 0 N–H and O–H groups in total. The second-order valence-corrected chi connectivity index (χ2v) is 9.76. The van der Waals surface area contributed by atoms with Crippen molar-refractivity contribution in [1.29, 1.82) is 0 Å². The molecule has 1 unspecified atom stereocenters. The Morgan fingerprint density at radius 1 is 0.833 bits per heavy atom. The summed E-state index contributed by atoms with van der Waals surface area (Å²) in [6, 6.07) is 0. The van der Waals surface area contributed by atoms with E-state index in [-0.39, 0.29) is 0 Å². The summed E-state index contributed by atoms with van der Waals surface area (Å²) in [5, 5.41) is 0. The van der Waals surface area contributed by atoms with Crippen LogP contribution in [0.3, 0.4) is 0 Å². The molecule has 4 aliphatic rings. The molecule has 0 amide bonds. The van der Waals surface area contributed by atoms with Crippen molar-refractivity contribution < 1.29 is 4.39 Å². The lowest BCUT2D eigenvalue weighted by molar-refractivity contribution is -0.0898. The molecule has 0 aromatic rings. The van der Waals surface area contributed by atoms with Gasteiger partial charge in [-0.15, -0.1) is 0 Å². The monoisotopic (exact) mass is 336 g/mol. The van der Waals surface area contributed by atoms with Gasteiger partial charge >= 0.3 is 0 Å². The van der Waals surface area contributed by atoms with Crippen LogP contribution in [0.1, 0.15) is 117 Å². The Kier molecular flexibility index (Phi) is 6.30. The van der Waals surface area contributed by atoms with E-state index in [4.69, 9.17) is 0 Å². The molecule has 0 aromatic carbocycles. The molecule has 3 atom stereocenters. The number of rotatable bonds is 8. The molecule has 0 nitrogen and oxygen atoms in total. The van der Waals surface area contributed by atoms with Crippen molar-refractivity contribution in [3.8, 4) is 0 Å². The first-order valence-electron chi connectivity index (χ1n) is 11.3. The zero-order valence-corrected chi connectivity index (χ0v) is 16.4. The van der Waals surface area contributed by atoms with Crippen LogP contribution in [-0.2, 0) is 0 Å². The molecule has 0 saturated heterocycles. The molecule has 4 rings (SSSR count). The van der Waals surface area contributed by atoms with E-state index in [0.29, 0.717) is 22.7 Å². The lowest BCUT2D eigenvalue weighted by atomic mass is 9.47. The average Bonchev–Trinajstić information content (AvgIpc) is 2.62. The predicted molar refractivity (Wildman–Crippen MR) is 102 cm³/mol. The third-order valence-electron chi connectivity index (χ3n) is 8.40. The number of fused-ring (bicyclic) bond motifs is 3. The van der Waals surface area contributed by atoms with Gasteiger partial charge in [-0.25, -0.2) is 4.39 Å². The molecular weight excluding hydrogens is 295 g/mol. The van der Waals surface area contributed by atoms with Crippen molar-refractivity contribution in [2.75, 3.05) is 0 Å². The predicted octanol–water partition coefficient (Wildman–Crippen LogP) is 7.85. The lowest BCUT2D eigenvalue weighted by Crippen LogP contribution is -2.49. The van der Waals surface area contributed by atoms with E-state index in [9.17, 15) is 0 Å². The molecule has 2 bridgehead atoms. The van der Waals surface area contributed by atoms with Gasteiger partial charge in [-0.3, -0.25) is 0 Å². The third kappa shape index (κ3) is 3.85. The topological polar surface area (TPSA) is 0 Å². The third-order valence-corrected chi connectivity index (χ3v) is 8.40. The van der Waals surface area contributed by atoms with Crippen molar-refractivity contribution in [3.05, 3.63) is 0 Å². The first kappa shape index (κ1) is 18.7. The second-order valence-electron chi connectivity index (χ2n) is 9.76. The van der Waals surface area contributed by atoms with Gasteiger partial charge in [-0.2, -0.15) is 0 Å². The van der Waals surface area contributed by atoms with Gasteiger partial charge in [-0.05, 0) is 86.9 Å². The van der Waals surface area contributed by atoms with E-state index in [1.165, 1.54) is 96.3 Å². The molecule has 0 heterocycles. The molecule has 0 spiro atoms. The quantitative estimate of drug-likeness (QED) is 0.396. The second kappa shape index (κ2) is 8.09. The summed E-state index contributed by atoms with van der Waals surface area (Å²) in [5.41, 5.74) is 1.07. The number of alkyl halides is 1. The molecule has 1 heteroatoms. The highest BCUT2D eigenvalue weighted by molar-refractivity contribution is 5.04. The minimum atomic E-state index is -0.494. The fourth-order valence-corrected chi connectivity index (χ4v) is 6.61. The Balaban J connectivity index is 1.53. The van der Waals surface area contributed by atoms with Crippen LogP contribution in [-0.4, -0.2) is 6.17 Å². The molecule has 140 valence electrons. The summed E-state index contributed by atoms with van der Waals surface area (Å²) < 4.78 is 15.1. The normalized spacial score (nSPS) is 42.4. The minimum absolute atomic E-state index is 0.405. The van der Waals surface area contributed by atoms with Crippen LogP contribution in [0.15, 0.2) is 0 Å². The Bertz CT molecular complexity index is 363. The van der Waals surface area contributed by atoms with Gasteiger partial charge in [0.2, 0.25) is 0 Å². The van der Waals surface area contributed by atoms with Gasteiger partial charge in [0.05, 0.1) is 0 Å². The van der Waals surface area contributed by atoms with Gasteiger partial charge in [0, 0.05) is 0 Å². The van der Waals surface area contributed by atoms with Gasteiger partial charge in [0.1, 0.15) is 6.17 Å². The maximum atomic E-state index is 15.1. The van der Waals surface area contributed by atoms with Crippen molar-refractivity contribution in [1.82, 2.24) is 0 Å². The summed E-state index contributed by atoms with van der Waals surface area (Å²) in [6.45, 7) is 4.58. The SMILES string of the molecule is CCCCC[C@H]1CCC(C23CCC(CCCC)(CC2)CC3)[C@H](F)C1. The largest absolute Gasteiger partial charge is 0.247 e. The minimum Gasteiger partial charge on any atom is -0.247 e. The van der Waals surface area contributed by atoms with Crippen LogP contribution >= 0.6 is 0 Å². The fraction of sp³-hybridized carbons (Fsp3) is 1.00. The molecule has 0 aliphatic heterocycles. The zero-order chi connectivity index (χ0) is 17.0. The number of unbranched alkanes of at least 4 members (excludes halogenated alkanes) is 3. The van der Waals surface area contributed by atoms with Crippen LogP contribution in [0.25, 0.3) is 0 Å². The molecule has 4 aliphatic carbocycles.